The van der Waals surface area contributed by atoms with Crippen LogP contribution in [0.2, 0.25) is 0 Å². The van der Waals surface area contributed by atoms with Gasteiger partial charge in [0.05, 0.1) is 12.7 Å². The number of ether oxygens (including phenoxy) is 3. The zero-order valence-electron chi connectivity index (χ0n) is 10.5. The molecule has 0 spiro atoms. The second-order valence-electron chi connectivity index (χ2n) is 4.54. The normalized spacial score (nSPS) is 23.6. The highest BCUT2D eigenvalue weighted by Crippen LogP contribution is 2.36. The topological polar surface area (TPSA) is 69.9 Å². The van der Waals surface area contributed by atoms with Gasteiger partial charge in [-0.1, -0.05) is 23.9 Å². The monoisotopic (exact) mass is 292 g/mol. The summed E-state index contributed by atoms with van der Waals surface area (Å²) in [5, 5.41) is 8.57. The minimum absolute atomic E-state index is 0.330. The average Bonchev–Trinajstić information content (AvgIpc) is 3.21. The summed E-state index contributed by atoms with van der Waals surface area (Å²) in [5.74, 6) is 2.72. The average molecular weight is 292 g/mol. The Morgan fingerprint density at radius 3 is 2.85 bits per heavy atom. The van der Waals surface area contributed by atoms with Gasteiger partial charge in [-0.2, -0.15) is 0 Å². The number of epoxide rings is 1. The van der Waals surface area contributed by atoms with E-state index >= 15 is 0 Å². The fourth-order valence-electron chi connectivity index (χ4n) is 1.88. The van der Waals surface area contributed by atoms with Gasteiger partial charge >= 0.3 is 0 Å². The molecule has 20 heavy (non-hydrogen) atoms. The lowest BCUT2D eigenvalue weighted by molar-refractivity contribution is 0.0686. The molecule has 1 aromatic heterocycles. The lowest BCUT2D eigenvalue weighted by atomic mass is 10.2. The van der Waals surface area contributed by atoms with Gasteiger partial charge in [0.1, 0.15) is 6.61 Å². The molecule has 0 saturated carbocycles. The van der Waals surface area contributed by atoms with Crippen LogP contribution >= 0.6 is 11.8 Å². The van der Waals surface area contributed by atoms with Gasteiger partial charge in [0, 0.05) is 5.75 Å². The SMILES string of the molecule is c1ccc2c(c1)OC[C@@H](c1nnc(SC[C@H]3CO3)o1)O2. The summed E-state index contributed by atoms with van der Waals surface area (Å²) in [4.78, 5) is 0. The Kier molecular flexibility index (Phi) is 3.00. The molecule has 4 rings (SSSR count). The highest BCUT2D eigenvalue weighted by Gasteiger charge is 2.28. The molecule has 0 aliphatic carbocycles. The van der Waals surface area contributed by atoms with Crippen molar-refractivity contribution < 1.29 is 18.6 Å². The molecule has 2 aliphatic rings. The fraction of sp³-hybridized carbons (Fsp3) is 0.385. The van der Waals surface area contributed by atoms with Gasteiger partial charge < -0.3 is 18.6 Å². The van der Waals surface area contributed by atoms with E-state index in [9.17, 15) is 0 Å². The zero-order chi connectivity index (χ0) is 13.4. The molecule has 1 aromatic carbocycles. The first-order valence-electron chi connectivity index (χ1n) is 6.35. The summed E-state index contributed by atoms with van der Waals surface area (Å²) < 4.78 is 22.2. The summed E-state index contributed by atoms with van der Waals surface area (Å²) >= 11 is 1.50. The van der Waals surface area contributed by atoms with Crippen LogP contribution < -0.4 is 9.47 Å². The Labute approximate surface area is 119 Å². The molecular formula is C13H12N2O4S. The molecule has 7 heteroatoms. The van der Waals surface area contributed by atoms with Crippen molar-refractivity contribution in [3.8, 4) is 11.5 Å². The van der Waals surface area contributed by atoms with E-state index < -0.39 is 0 Å². The number of hydrogen-bond acceptors (Lipinski definition) is 7. The highest BCUT2D eigenvalue weighted by atomic mass is 32.2. The van der Waals surface area contributed by atoms with Crippen LogP contribution in [0.5, 0.6) is 11.5 Å². The molecule has 0 N–H and O–H groups in total. The molecule has 3 heterocycles. The van der Waals surface area contributed by atoms with Gasteiger partial charge in [-0.25, -0.2) is 0 Å². The summed E-state index contributed by atoms with van der Waals surface area (Å²) in [6.45, 7) is 1.19. The molecule has 0 bridgehead atoms. The molecule has 2 aromatic rings. The summed E-state index contributed by atoms with van der Waals surface area (Å²) in [5.41, 5.74) is 0. The third kappa shape index (κ3) is 2.46. The largest absolute Gasteiger partial charge is 0.485 e. The predicted octanol–water partition coefficient (Wildman–Crippen LogP) is 2.07. The molecule has 0 amide bonds. The number of nitrogens with zero attached hydrogens (tertiary/aromatic N) is 2. The van der Waals surface area contributed by atoms with Crippen molar-refractivity contribution in [3.05, 3.63) is 30.2 Å². The van der Waals surface area contributed by atoms with E-state index in [1.54, 1.807) is 0 Å². The van der Waals surface area contributed by atoms with E-state index in [1.165, 1.54) is 11.8 Å². The Bertz CT molecular complexity index is 614. The van der Waals surface area contributed by atoms with Crippen LogP contribution in [-0.4, -0.2) is 35.3 Å². The van der Waals surface area contributed by atoms with Crippen LogP contribution in [0.4, 0.5) is 0 Å². The van der Waals surface area contributed by atoms with Gasteiger partial charge in [-0.15, -0.1) is 10.2 Å². The summed E-state index contributed by atoms with van der Waals surface area (Å²) in [7, 11) is 0. The van der Waals surface area contributed by atoms with E-state index in [0.717, 1.165) is 18.1 Å². The van der Waals surface area contributed by atoms with Gasteiger partial charge in [-0.3, -0.25) is 0 Å². The minimum atomic E-state index is -0.357. The zero-order valence-corrected chi connectivity index (χ0v) is 11.3. The molecular weight excluding hydrogens is 280 g/mol. The van der Waals surface area contributed by atoms with Crippen molar-refractivity contribution in [1.29, 1.82) is 0 Å². The molecule has 6 nitrogen and oxygen atoms in total. The summed E-state index contributed by atoms with van der Waals surface area (Å²) in [6.07, 6.45) is -0.0274. The molecule has 2 atom stereocenters. The number of fused-ring (bicyclic) bond motifs is 1. The number of hydrogen-bond donors (Lipinski definition) is 0. The Hall–Kier alpha value is -1.73. The maximum Gasteiger partial charge on any atom is 0.276 e. The lowest BCUT2D eigenvalue weighted by Gasteiger charge is -2.23. The number of aromatic nitrogens is 2. The molecule has 104 valence electrons. The van der Waals surface area contributed by atoms with E-state index in [2.05, 4.69) is 10.2 Å². The van der Waals surface area contributed by atoms with Crippen molar-refractivity contribution in [2.24, 2.45) is 0 Å². The third-order valence-electron chi connectivity index (χ3n) is 3.00. The lowest BCUT2D eigenvalue weighted by Crippen LogP contribution is -2.21. The first-order chi connectivity index (χ1) is 9.88. The number of para-hydroxylation sites is 2. The van der Waals surface area contributed by atoms with Crippen LogP contribution in [0, 0.1) is 0 Å². The van der Waals surface area contributed by atoms with Crippen molar-refractivity contribution in [2.75, 3.05) is 19.0 Å². The maximum atomic E-state index is 5.81. The second kappa shape index (κ2) is 4.99. The van der Waals surface area contributed by atoms with E-state index in [0.29, 0.717) is 29.6 Å². The Morgan fingerprint density at radius 1 is 1.15 bits per heavy atom. The second-order valence-corrected chi connectivity index (χ2v) is 5.51. The smallest absolute Gasteiger partial charge is 0.276 e. The molecule has 2 aliphatic heterocycles. The first-order valence-corrected chi connectivity index (χ1v) is 7.33. The van der Waals surface area contributed by atoms with Gasteiger partial charge in [-0.05, 0) is 12.1 Å². The van der Waals surface area contributed by atoms with Crippen LogP contribution in [0.1, 0.15) is 12.0 Å². The van der Waals surface area contributed by atoms with Crippen molar-refractivity contribution >= 4 is 11.8 Å². The molecule has 0 unspecified atom stereocenters. The van der Waals surface area contributed by atoms with E-state index in [1.807, 2.05) is 24.3 Å². The van der Waals surface area contributed by atoms with Crippen molar-refractivity contribution in [1.82, 2.24) is 10.2 Å². The van der Waals surface area contributed by atoms with Crippen molar-refractivity contribution in [2.45, 2.75) is 17.4 Å². The maximum absolute atomic E-state index is 5.81. The first kappa shape index (κ1) is 12.0. The van der Waals surface area contributed by atoms with Crippen LogP contribution in [0.25, 0.3) is 0 Å². The Morgan fingerprint density at radius 2 is 2.00 bits per heavy atom. The third-order valence-corrected chi connectivity index (χ3v) is 3.95. The standard InChI is InChI=1S/C13H12N2O4S/c1-2-4-10-9(3-1)17-6-11(18-10)12-14-15-13(19-12)20-7-8-5-16-8/h1-4,8,11H,5-7H2/t8-,11+/m1/s1. The number of thioether (sulfide) groups is 1. The van der Waals surface area contributed by atoms with E-state index in [4.69, 9.17) is 18.6 Å². The van der Waals surface area contributed by atoms with Gasteiger partial charge in [0.25, 0.3) is 11.1 Å². The number of benzene rings is 1. The quantitative estimate of drug-likeness (QED) is 0.631. The number of rotatable bonds is 4. The summed E-state index contributed by atoms with van der Waals surface area (Å²) in [6, 6.07) is 7.54. The van der Waals surface area contributed by atoms with Crippen LogP contribution in [0.15, 0.2) is 33.9 Å². The molecule has 1 saturated heterocycles. The van der Waals surface area contributed by atoms with E-state index in [-0.39, 0.29) is 6.10 Å². The minimum Gasteiger partial charge on any atom is -0.485 e. The van der Waals surface area contributed by atoms with Gasteiger partial charge in [0.2, 0.25) is 6.10 Å². The fourth-order valence-corrected chi connectivity index (χ4v) is 2.64. The molecule has 1 fully saturated rings. The molecule has 0 radical (unpaired) electrons. The Balaban J connectivity index is 1.45. The van der Waals surface area contributed by atoms with Crippen molar-refractivity contribution in [3.63, 3.8) is 0 Å². The van der Waals surface area contributed by atoms with Crippen LogP contribution in [0.3, 0.4) is 0 Å². The van der Waals surface area contributed by atoms with Gasteiger partial charge in [0.15, 0.2) is 11.5 Å². The predicted molar refractivity (Wildman–Crippen MR) is 70.1 cm³/mol. The highest BCUT2D eigenvalue weighted by molar-refractivity contribution is 7.99. The van der Waals surface area contributed by atoms with Crippen LogP contribution in [-0.2, 0) is 4.74 Å².